The number of aryl methyl sites for hydroxylation is 1. The van der Waals surface area contributed by atoms with Gasteiger partial charge in [-0.1, -0.05) is 42.5 Å². The van der Waals surface area contributed by atoms with E-state index in [1.54, 1.807) is 0 Å². The number of allylic oxidation sites excluding steroid dienone is 4. The largest absolute Gasteiger partial charge is 0.327 e. The van der Waals surface area contributed by atoms with Crippen molar-refractivity contribution in [3.63, 3.8) is 0 Å². The maximum atomic E-state index is 4.83. The third-order valence-electron chi connectivity index (χ3n) is 4.35. The smallest absolute Gasteiger partial charge is 0.226 e. The Bertz CT molecular complexity index is 825. The Morgan fingerprint density at radius 1 is 1.05 bits per heavy atom. The van der Waals surface area contributed by atoms with Crippen LogP contribution in [-0.4, -0.2) is 5.71 Å². The van der Waals surface area contributed by atoms with Crippen molar-refractivity contribution >= 4 is 11.5 Å². The molecular weight excluding hydrogens is 256 g/mol. The fraction of sp³-hybridized carbons (Fsp3) is 0.158. The molecule has 1 unspecified atom stereocenters. The summed E-state index contributed by atoms with van der Waals surface area (Å²) in [6.45, 7) is 2.15. The molecule has 21 heavy (non-hydrogen) atoms. The van der Waals surface area contributed by atoms with E-state index in [1.165, 1.54) is 22.4 Å². The van der Waals surface area contributed by atoms with Gasteiger partial charge in [0.05, 0.1) is 18.5 Å². The predicted molar refractivity (Wildman–Crippen MR) is 85.9 cm³/mol. The van der Waals surface area contributed by atoms with Crippen molar-refractivity contribution in [2.75, 3.05) is 0 Å². The van der Waals surface area contributed by atoms with Crippen LogP contribution in [0.4, 0.5) is 5.82 Å². The Hall–Kier alpha value is -2.48. The molecule has 1 atom stereocenters. The van der Waals surface area contributed by atoms with E-state index in [0.717, 1.165) is 11.5 Å². The molecule has 0 radical (unpaired) electrons. The van der Waals surface area contributed by atoms with E-state index in [1.807, 2.05) is 0 Å². The highest BCUT2D eigenvalue weighted by molar-refractivity contribution is 6.07. The number of rotatable bonds is 1. The maximum Gasteiger partial charge on any atom is 0.327 e. The van der Waals surface area contributed by atoms with Crippen LogP contribution in [0.15, 0.2) is 65.7 Å². The Kier molecular flexibility index (Phi) is 2.64. The van der Waals surface area contributed by atoms with E-state index in [2.05, 4.69) is 79.2 Å². The second-order valence-electron chi connectivity index (χ2n) is 5.63. The first-order valence-electron chi connectivity index (χ1n) is 7.28. The molecule has 0 saturated heterocycles. The average Bonchev–Trinajstić information content (AvgIpc) is 2.89. The van der Waals surface area contributed by atoms with Crippen molar-refractivity contribution in [2.45, 2.75) is 12.8 Å². The lowest BCUT2D eigenvalue weighted by atomic mass is 9.93. The molecule has 0 spiro atoms. The highest BCUT2D eigenvalue weighted by atomic mass is 15.1. The van der Waals surface area contributed by atoms with E-state index < -0.39 is 0 Å². The van der Waals surface area contributed by atoms with Crippen LogP contribution in [0.1, 0.15) is 17.0 Å². The molecule has 1 aliphatic heterocycles. The lowest BCUT2D eigenvalue weighted by molar-refractivity contribution is -0.647. The fourth-order valence-electron chi connectivity index (χ4n) is 3.20. The van der Waals surface area contributed by atoms with Gasteiger partial charge in [0.2, 0.25) is 0 Å². The van der Waals surface area contributed by atoms with Crippen LogP contribution in [0.2, 0.25) is 0 Å². The van der Waals surface area contributed by atoms with Crippen LogP contribution in [0, 0.1) is 6.92 Å². The Labute approximate surface area is 124 Å². The van der Waals surface area contributed by atoms with E-state index >= 15 is 0 Å². The van der Waals surface area contributed by atoms with Crippen molar-refractivity contribution < 1.29 is 4.57 Å². The van der Waals surface area contributed by atoms with E-state index in [9.17, 15) is 0 Å². The van der Waals surface area contributed by atoms with Gasteiger partial charge in [0.25, 0.3) is 0 Å². The summed E-state index contributed by atoms with van der Waals surface area (Å²) in [5, 5.41) is 0. The van der Waals surface area contributed by atoms with Gasteiger partial charge in [0.15, 0.2) is 5.71 Å². The number of hydrogen-bond donors (Lipinski definition) is 0. The van der Waals surface area contributed by atoms with Gasteiger partial charge in [-0.2, -0.15) is 0 Å². The summed E-state index contributed by atoms with van der Waals surface area (Å²) < 4.78 is 2.21. The number of aromatic nitrogens is 1. The van der Waals surface area contributed by atoms with Crippen molar-refractivity contribution in [1.82, 2.24) is 0 Å². The lowest BCUT2D eigenvalue weighted by Gasteiger charge is -2.10. The molecule has 0 saturated carbocycles. The monoisotopic (exact) mass is 273 g/mol. The van der Waals surface area contributed by atoms with Gasteiger partial charge in [-0.05, 0) is 35.7 Å². The normalized spacial score (nSPS) is 18.4. The van der Waals surface area contributed by atoms with Crippen LogP contribution in [0.5, 0.6) is 0 Å². The molecule has 2 aromatic rings. The SMILES string of the molecule is Cc1ccccc1-c1ccc2c([n+]1C)N=C1C=CC=CC12. The highest BCUT2D eigenvalue weighted by Gasteiger charge is 2.34. The summed E-state index contributed by atoms with van der Waals surface area (Å²) in [5.41, 5.74) is 6.21. The molecule has 102 valence electrons. The van der Waals surface area contributed by atoms with E-state index in [0.29, 0.717) is 5.92 Å². The fourth-order valence-corrected chi connectivity index (χ4v) is 3.20. The van der Waals surface area contributed by atoms with Crippen LogP contribution >= 0.6 is 0 Å². The number of hydrogen-bond acceptors (Lipinski definition) is 1. The summed E-state index contributed by atoms with van der Waals surface area (Å²) in [5.74, 6) is 1.40. The second-order valence-corrected chi connectivity index (χ2v) is 5.63. The molecular formula is C19H17N2+. The van der Waals surface area contributed by atoms with Gasteiger partial charge in [0, 0.05) is 5.56 Å². The number of aliphatic imine (C=N–C) groups is 1. The third-order valence-corrected chi connectivity index (χ3v) is 4.35. The summed E-state index contributed by atoms with van der Waals surface area (Å²) >= 11 is 0. The lowest BCUT2D eigenvalue weighted by Crippen LogP contribution is -2.32. The van der Waals surface area contributed by atoms with E-state index in [4.69, 9.17) is 4.99 Å². The molecule has 2 heteroatoms. The number of nitrogens with zero attached hydrogens (tertiary/aromatic N) is 2. The van der Waals surface area contributed by atoms with Crippen LogP contribution < -0.4 is 4.57 Å². The molecule has 0 fully saturated rings. The standard InChI is InChI=1S/C19H17N2/c1-13-7-3-4-8-14(13)18-12-11-16-15-9-5-6-10-17(15)20-19(16)21(18)2/h3-12,15H,1-2H3/q+1. The first-order chi connectivity index (χ1) is 10.3. The zero-order valence-corrected chi connectivity index (χ0v) is 12.2. The first-order valence-corrected chi connectivity index (χ1v) is 7.28. The molecule has 2 heterocycles. The Morgan fingerprint density at radius 2 is 1.90 bits per heavy atom. The molecule has 1 aromatic heterocycles. The Morgan fingerprint density at radius 3 is 2.76 bits per heavy atom. The molecule has 4 rings (SSSR count). The molecule has 2 aliphatic rings. The van der Waals surface area contributed by atoms with Crippen molar-refractivity contribution in [1.29, 1.82) is 0 Å². The number of fused-ring (bicyclic) bond motifs is 3. The highest BCUT2D eigenvalue weighted by Crippen LogP contribution is 2.37. The minimum atomic E-state index is 0.321. The minimum absolute atomic E-state index is 0.321. The van der Waals surface area contributed by atoms with Gasteiger partial charge < -0.3 is 0 Å². The molecule has 1 aliphatic carbocycles. The number of benzene rings is 1. The molecule has 1 aromatic carbocycles. The van der Waals surface area contributed by atoms with Gasteiger partial charge in [-0.3, -0.25) is 0 Å². The maximum absolute atomic E-state index is 4.83. The van der Waals surface area contributed by atoms with Gasteiger partial charge in [-0.15, -0.1) is 0 Å². The van der Waals surface area contributed by atoms with Crippen LogP contribution in [0.3, 0.4) is 0 Å². The summed E-state index contributed by atoms with van der Waals surface area (Å²) in [6, 6.07) is 12.9. The predicted octanol–water partition coefficient (Wildman–Crippen LogP) is 3.78. The van der Waals surface area contributed by atoms with Gasteiger partial charge >= 0.3 is 5.82 Å². The molecule has 0 N–H and O–H groups in total. The van der Waals surface area contributed by atoms with Gasteiger partial charge in [0.1, 0.15) is 5.69 Å². The van der Waals surface area contributed by atoms with E-state index in [-0.39, 0.29) is 0 Å². The summed E-state index contributed by atoms with van der Waals surface area (Å²) in [7, 11) is 2.11. The van der Waals surface area contributed by atoms with Crippen molar-refractivity contribution in [3.8, 4) is 11.3 Å². The first kappa shape index (κ1) is 12.3. The third kappa shape index (κ3) is 1.79. The summed E-state index contributed by atoms with van der Waals surface area (Å²) in [6.07, 6.45) is 8.49. The second kappa shape index (κ2) is 4.52. The zero-order chi connectivity index (χ0) is 14.4. The molecule has 2 nitrogen and oxygen atoms in total. The zero-order valence-electron chi connectivity index (χ0n) is 12.2. The topological polar surface area (TPSA) is 16.2 Å². The summed E-state index contributed by atoms with van der Waals surface area (Å²) in [4.78, 5) is 4.83. The van der Waals surface area contributed by atoms with Crippen molar-refractivity contribution in [3.05, 3.63) is 71.8 Å². The molecule has 0 amide bonds. The van der Waals surface area contributed by atoms with Gasteiger partial charge in [-0.25, -0.2) is 4.57 Å². The van der Waals surface area contributed by atoms with Crippen LogP contribution in [0.25, 0.3) is 11.3 Å². The molecule has 0 bridgehead atoms. The minimum Gasteiger partial charge on any atom is -0.226 e. The average molecular weight is 273 g/mol. The quantitative estimate of drug-likeness (QED) is 0.703. The number of pyridine rings is 1. The Balaban J connectivity index is 1.92. The van der Waals surface area contributed by atoms with Crippen LogP contribution in [-0.2, 0) is 7.05 Å². The van der Waals surface area contributed by atoms with Crippen molar-refractivity contribution in [2.24, 2.45) is 12.0 Å².